The first kappa shape index (κ1) is 17.3. The van der Waals surface area contributed by atoms with Crippen molar-refractivity contribution in [1.82, 2.24) is 5.01 Å². The Balaban J connectivity index is 1.82. The Labute approximate surface area is 162 Å². The van der Waals surface area contributed by atoms with Gasteiger partial charge in [0.25, 0.3) is 0 Å². The van der Waals surface area contributed by atoms with Gasteiger partial charge in [-0.2, -0.15) is 5.10 Å². The lowest BCUT2D eigenvalue weighted by atomic mass is 9.94. The molecule has 0 radical (unpaired) electrons. The van der Waals surface area contributed by atoms with Crippen LogP contribution >= 0.6 is 23.2 Å². The summed E-state index contributed by atoms with van der Waals surface area (Å²) in [5.74, 6) is 0.932. The summed E-state index contributed by atoms with van der Waals surface area (Å²) in [6.45, 7) is 3.52. The van der Waals surface area contributed by atoms with E-state index >= 15 is 0 Å². The number of halogens is 2. The third kappa shape index (κ3) is 2.93. The quantitative estimate of drug-likeness (QED) is 0.669. The molecule has 26 heavy (non-hydrogen) atoms. The molecule has 4 rings (SSSR count). The largest absolute Gasteiger partial charge is 0.513 e. The van der Waals surface area contributed by atoms with E-state index in [0.717, 1.165) is 22.6 Å². The molecular formula is C20H18Cl2N2O2. The third-order valence-electron chi connectivity index (χ3n) is 4.67. The molecule has 2 aliphatic heterocycles. The molecule has 0 amide bonds. The van der Waals surface area contributed by atoms with Crippen LogP contribution in [0.2, 0.25) is 10.0 Å². The molecule has 2 aromatic carbocycles. The Bertz CT molecular complexity index is 920. The number of fused-ring (bicyclic) bond motifs is 3. The van der Waals surface area contributed by atoms with Crippen molar-refractivity contribution in [3.63, 3.8) is 0 Å². The number of rotatable bonds is 2. The van der Waals surface area contributed by atoms with Gasteiger partial charge in [-0.3, -0.25) is 0 Å². The minimum atomic E-state index is -0.890. The van der Waals surface area contributed by atoms with E-state index in [1.54, 1.807) is 13.0 Å². The van der Waals surface area contributed by atoms with Crippen LogP contribution in [0.3, 0.4) is 0 Å². The Morgan fingerprint density at radius 2 is 1.92 bits per heavy atom. The summed E-state index contributed by atoms with van der Waals surface area (Å²) in [4.78, 5) is 0. The van der Waals surface area contributed by atoms with Gasteiger partial charge in [0.15, 0.2) is 0 Å². The van der Waals surface area contributed by atoms with Crippen molar-refractivity contribution >= 4 is 28.9 Å². The molecule has 0 saturated heterocycles. The van der Waals surface area contributed by atoms with E-state index < -0.39 is 5.72 Å². The van der Waals surface area contributed by atoms with Gasteiger partial charge < -0.3 is 9.84 Å². The molecule has 2 aromatic rings. The van der Waals surface area contributed by atoms with Crippen LogP contribution in [0.5, 0.6) is 5.75 Å². The van der Waals surface area contributed by atoms with Crippen LogP contribution in [0.25, 0.3) is 0 Å². The van der Waals surface area contributed by atoms with Gasteiger partial charge in [0.1, 0.15) is 5.75 Å². The molecule has 0 aromatic heterocycles. The molecule has 0 aliphatic carbocycles. The molecule has 2 heterocycles. The molecule has 4 nitrogen and oxygen atoms in total. The zero-order valence-electron chi connectivity index (χ0n) is 14.4. The van der Waals surface area contributed by atoms with Crippen LogP contribution in [0.4, 0.5) is 0 Å². The summed E-state index contributed by atoms with van der Waals surface area (Å²) >= 11 is 12.2. The zero-order valence-corrected chi connectivity index (χ0v) is 15.9. The average Bonchev–Trinajstić information content (AvgIpc) is 3.02. The molecule has 134 valence electrons. The number of aliphatic hydroxyl groups excluding tert-OH is 1. The van der Waals surface area contributed by atoms with Crippen LogP contribution in [0.15, 0.2) is 59.4 Å². The lowest BCUT2D eigenvalue weighted by molar-refractivity contribution is -0.0697. The summed E-state index contributed by atoms with van der Waals surface area (Å²) in [5.41, 5.74) is 2.06. The first-order valence-corrected chi connectivity index (χ1v) is 9.11. The van der Waals surface area contributed by atoms with Crippen molar-refractivity contribution in [2.75, 3.05) is 0 Å². The fraction of sp³-hybridized carbons (Fsp3) is 0.250. The number of hydrogen-bond donors (Lipinski definition) is 1. The zero-order chi connectivity index (χ0) is 18.5. The predicted molar refractivity (Wildman–Crippen MR) is 104 cm³/mol. The predicted octanol–water partition coefficient (Wildman–Crippen LogP) is 5.71. The summed E-state index contributed by atoms with van der Waals surface area (Å²) in [6, 6.07) is 13.2. The second kappa shape index (κ2) is 6.22. The highest BCUT2D eigenvalue weighted by Gasteiger charge is 2.46. The molecule has 0 fully saturated rings. The number of hydrogen-bond acceptors (Lipinski definition) is 4. The molecular weight excluding hydrogens is 371 g/mol. The average molecular weight is 389 g/mol. The smallest absolute Gasteiger partial charge is 0.218 e. The van der Waals surface area contributed by atoms with Gasteiger partial charge >= 0.3 is 0 Å². The van der Waals surface area contributed by atoms with Crippen LogP contribution in [0.1, 0.15) is 37.4 Å². The van der Waals surface area contributed by atoms with Crippen LogP contribution in [0, 0.1) is 0 Å². The number of ether oxygens (including phenoxy) is 1. The van der Waals surface area contributed by atoms with Gasteiger partial charge in [0, 0.05) is 35.0 Å². The Kier molecular flexibility index (Phi) is 4.13. The van der Waals surface area contributed by atoms with Gasteiger partial charge in [-0.15, -0.1) is 0 Å². The minimum absolute atomic E-state index is 0.0243. The maximum Gasteiger partial charge on any atom is 0.218 e. The maximum atomic E-state index is 9.87. The monoisotopic (exact) mass is 388 g/mol. The molecule has 1 N–H and O–H groups in total. The van der Waals surface area contributed by atoms with Crippen LogP contribution in [-0.4, -0.2) is 21.6 Å². The van der Waals surface area contributed by atoms with E-state index in [1.165, 1.54) is 0 Å². The third-order valence-corrected chi connectivity index (χ3v) is 5.15. The van der Waals surface area contributed by atoms with Crippen molar-refractivity contribution in [3.8, 4) is 5.75 Å². The van der Waals surface area contributed by atoms with Gasteiger partial charge in [-0.05, 0) is 42.8 Å². The van der Waals surface area contributed by atoms with E-state index in [0.29, 0.717) is 16.5 Å². The molecule has 0 unspecified atom stereocenters. The molecule has 0 saturated carbocycles. The Morgan fingerprint density at radius 1 is 1.23 bits per heavy atom. The van der Waals surface area contributed by atoms with Crippen molar-refractivity contribution in [3.05, 3.63) is 75.5 Å². The topological polar surface area (TPSA) is 45.1 Å². The summed E-state index contributed by atoms with van der Waals surface area (Å²) in [6.07, 6.45) is 2.39. The number of allylic oxidation sites excluding steroid dienone is 1. The van der Waals surface area contributed by atoms with Crippen molar-refractivity contribution in [2.24, 2.45) is 5.10 Å². The van der Waals surface area contributed by atoms with E-state index in [4.69, 9.17) is 33.0 Å². The fourth-order valence-corrected chi connectivity index (χ4v) is 3.91. The maximum absolute atomic E-state index is 9.87. The van der Waals surface area contributed by atoms with Gasteiger partial charge in [-0.25, -0.2) is 5.01 Å². The van der Waals surface area contributed by atoms with Crippen LogP contribution < -0.4 is 4.74 Å². The Hall–Kier alpha value is -2.17. The molecule has 0 spiro atoms. The van der Waals surface area contributed by atoms with Crippen molar-refractivity contribution < 1.29 is 9.84 Å². The Morgan fingerprint density at radius 3 is 2.62 bits per heavy atom. The minimum Gasteiger partial charge on any atom is -0.513 e. The molecule has 0 bridgehead atoms. The van der Waals surface area contributed by atoms with Gasteiger partial charge in [-0.1, -0.05) is 35.3 Å². The first-order chi connectivity index (χ1) is 12.4. The lowest BCUT2D eigenvalue weighted by Crippen LogP contribution is -2.50. The fourth-order valence-electron chi connectivity index (χ4n) is 3.60. The first-order valence-electron chi connectivity index (χ1n) is 8.35. The lowest BCUT2D eigenvalue weighted by Gasteiger charge is -2.44. The number of nitrogens with zero attached hydrogens (tertiary/aromatic N) is 2. The van der Waals surface area contributed by atoms with E-state index in [-0.39, 0.29) is 11.8 Å². The highest BCUT2D eigenvalue weighted by molar-refractivity contribution is 6.31. The molecule has 2 aliphatic rings. The van der Waals surface area contributed by atoms with E-state index in [9.17, 15) is 5.11 Å². The summed E-state index contributed by atoms with van der Waals surface area (Å²) in [7, 11) is 0. The highest BCUT2D eigenvalue weighted by atomic mass is 35.5. The van der Waals surface area contributed by atoms with Crippen molar-refractivity contribution in [1.29, 1.82) is 0 Å². The molecule has 6 heteroatoms. The summed E-state index contributed by atoms with van der Waals surface area (Å²) < 4.78 is 6.21. The second-order valence-electron chi connectivity index (χ2n) is 6.74. The highest BCUT2D eigenvalue weighted by Crippen LogP contribution is 2.48. The van der Waals surface area contributed by atoms with E-state index in [2.05, 4.69) is 0 Å². The standard InChI is InChI=1S/C20H18Cl2N2O2/c1-12(25)11-20(2)24-18(16-9-15(22)7-8-19(16)26-20)10-17(23-24)13-3-5-14(21)6-4-13/h3-9,11,18,25H,10H2,1-2H3/b12-11+/t18-,20-/m0/s1. The second-order valence-corrected chi connectivity index (χ2v) is 7.62. The van der Waals surface area contributed by atoms with Gasteiger partial charge in [0.2, 0.25) is 5.72 Å². The number of benzene rings is 2. The normalized spacial score (nSPS) is 24.6. The number of hydrazone groups is 1. The molecule has 2 atom stereocenters. The van der Waals surface area contributed by atoms with Crippen LogP contribution in [-0.2, 0) is 0 Å². The van der Waals surface area contributed by atoms with Crippen molar-refractivity contribution in [2.45, 2.75) is 32.0 Å². The number of aliphatic hydroxyl groups is 1. The van der Waals surface area contributed by atoms with E-state index in [1.807, 2.05) is 54.4 Å². The SMILES string of the molecule is C/C(O)=C\[C@]1(C)Oc2ccc(Cl)cc2[C@@H]2CC(c3ccc(Cl)cc3)=NN21. The summed E-state index contributed by atoms with van der Waals surface area (Å²) in [5, 5.41) is 17.9. The van der Waals surface area contributed by atoms with Gasteiger partial charge in [0.05, 0.1) is 17.5 Å².